The zero-order chi connectivity index (χ0) is 9.42. The second kappa shape index (κ2) is 2.73. The number of aromatic hydroxyl groups is 1. The van der Waals surface area contributed by atoms with E-state index < -0.39 is 0 Å². The molecule has 2 nitrogen and oxygen atoms in total. The number of pyridine rings is 1. The second-order valence-corrected chi connectivity index (χ2v) is 3.29. The van der Waals surface area contributed by atoms with Gasteiger partial charge in [-0.15, -0.1) is 0 Å². The van der Waals surface area contributed by atoms with Crippen molar-refractivity contribution < 1.29 is 5.11 Å². The zero-order valence-electron chi connectivity index (χ0n) is 7.70. The molecule has 0 spiro atoms. The van der Waals surface area contributed by atoms with Crippen LogP contribution in [0.5, 0.6) is 5.88 Å². The predicted octanol–water partition coefficient (Wildman–Crippen LogP) is 2.56. The van der Waals surface area contributed by atoms with Crippen LogP contribution in [0.3, 0.4) is 0 Å². The SMILES string of the molecule is Cc1ccc(C)c2cc(O)ncc12. The predicted molar refractivity (Wildman–Crippen MR) is 52.9 cm³/mol. The van der Waals surface area contributed by atoms with Crippen LogP contribution in [-0.2, 0) is 0 Å². The highest BCUT2D eigenvalue weighted by Gasteiger charge is 2.01. The van der Waals surface area contributed by atoms with Gasteiger partial charge < -0.3 is 5.11 Å². The van der Waals surface area contributed by atoms with Gasteiger partial charge in [0, 0.05) is 17.6 Å². The summed E-state index contributed by atoms with van der Waals surface area (Å²) < 4.78 is 0. The van der Waals surface area contributed by atoms with E-state index in [2.05, 4.69) is 17.1 Å². The van der Waals surface area contributed by atoms with Crippen LogP contribution in [-0.4, -0.2) is 10.1 Å². The van der Waals surface area contributed by atoms with Gasteiger partial charge in [0.05, 0.1) is 0 Å². The van der Waals surface area contributed by atoms with Crippen molar-refractivity contribution in [2.45, 2.75) is 13.8 Å². The molecular weight excluding hydrogens is 162 g/mol. The minimum atomic E-state index is 0.0844. The molecule has 0 aliphatic heterocycles. The van der Waals surface area contributed by atoms with Crippen molar-refractivity contribution in [1.82, 2.24) is 4.98 Å². The third-order valence-corrected chi connectivity index (χ3v) is 2.32. The lowest BCUT2D eigenvalue weighted by Gasteiger charge is -2.04. The maximum atomic E-state index is 9.23. The summed E-state index contributed by atoms with van der Waals surface area (Å²) in [6.07, 6.45) is 1.72. The van der Waals surface area contributed by atoms with Crippen LogP contribution in [0.4, 0.5) is 0 Å². The number of nitrogens with zero attached hydrogens (tertiary/aromatic N) is 1. The van der Waals surface area contributed by atoms with Crippen molar-refractivity contribution in [3.8, 4) is 5.88 Å². The smallest absolute Gasteiger partial charge is 0.211 e. The Morgan fingerprint density at radius 2 is 1.69 bits per heavy atom. The molecule has 2 rings (SSSR count). The molecule has 2 aromatic rings. The number of hydrogen-bond acceptors (Lipinski definition) is 2. The fraction of sp³-hybridized carbons (Fsp3) is 0.182. The Morgan fingerprint density at radius 3 is 2.38 bits per heavy atom. The minimum absolute atomic E-state index is 0.0844. The zero-order valence-corrected chi connectivity index (χ0v) is 7.70. The van der Waals surface area contributed by atoms with Crippen LogP contribution < -0.4 is 0 Å². The number of aromatic nitrogens is 1. The van der Waals surface area contributed by atoms with E-state index in [4.69, 9.17) is 0 Å². The summed E-state index contributed by atoms with van der Waals surface area (Å²) >= 11 is 0. The standard InChI is InChI=1S/C11H11NO/c1-7-3-4-8(2)10-6-12-11(13)5-9(7)10/h3-6H,1-2H3,(H,12,13). The Labute approximate surface area is 76.9 Å². The molecule has 1 aromatic carbocycles. The van der Waals surface area contributed by atoms with Crippen LogP contribution in [0.2, 0.25) is 0 Å². The normalized spacial score (nSPS) is 10.6. The van der Waals surface area contributed by atoms with Gasteiger partial charge in [-0.3, -0.25) is 0 Å². The average Bonchev–Trinajstić information content (AvgIpc) is 2.12. The van der Waals surface area contributed by atoms with Crippen molar-refractivity contribution in [2.24, 2.45) is 0 Å². The molecule has 1 aromatic heterocycles. The van der Waals surface area contributed by atoms with Gasteiger partial charge in [0.25, 0.3) is 0 Å². The summed E-state index contributed by atoms with van der Waals surface area (Å²) in [6.45, 7) is 4.07. The van der Waals surface area contributed by atoms with Gasteiger partial charge in [-0.2, -0.15) is 0 Å². The van der Waals surface area contributed by atoms with Gasteiger partial charge in [-0.1, -0.05) is 12.1 Å². The van der Waals surface area contributed by atoms with Crippen molar-refractivity contribution >= 4 is 10.8 Å². The first-order valence-corrected chi connectivity index (χ1v) is 4.23. The summed E-state index contributed by atoms with van der Waals surface area (Å²) in [6, 6.07) is 5.82. The fourth-order valence-electron chi connectivity index (χ4n) is 1.51. The maximum absolute atomic E-state index is 9.23. The van der Waals surface area contributed by atoms with E-state index in [0.717, 1.165) is 10.8 Å². The molecule has 2 heteroatoms. The number of hydrogen-bond donors (Lipinski definition) is 1. The molecule has 0 saturated heterocycles. The van der Waals surface area contributed by atoms with Crippen LogP contribution in [0.25, 0.3) is 10.8 Å². The molecule has 0 bridgehead atoms. The second-order valence-electron chi connectivity index (χ2n) is 3.29. The molecule has 0 unspecified atom stereocenters. The highest BCUT2D eigenvalue weighted by molar-refractivity contribution is 5.88. The minimum Gasteiger partial charge on any atom is -0.493 e. The lowest BCUT2D eigenvalue weighted by Crippen LogP contribution is -1.84. The van der Waals surface area contributed by atoms with E-state index in [0.29, 0.717) is 0 Å². The first-order chi connectivity index (χ1) is 6.18. The van der Waals surface area contributed by atoms with Gasteiger partial charge >= 0.3 is 0 Å². The largest absolute Gasteiger partial charge is 0.493 e. The summed E-state index contributed by atoms with van der Waals surface area (Å²) in [5.41, 5.74) is 2.35. The molecule has 0 aliphatic rings. The van der Waals surface area contributed by atoms with E-state index in [1.807, 2.05) is 13.8 Å². The molecule has 66 valence electrons. The third kappa shape index (κ3) is 1.24. The van der Waals surface area contributed by atoms with Crippen molar-refractivity contribution in [1.29, 1.82) is 0 Å². The van der Waals surface area contributed by atoms with Gasteiger partial charge in [0.15, 0.2) is 0 Å². The van der Waals surface area contributed by atoms with E-state index >= 15 is 0 Å². The Bertz CT molecular complexity index is 463. The van der Waals surface area contributed by atoms with Gasteiger partial charge in [-0.05, 0) is 30.4 Å². The number of fused-ring (bicyclic) bond motifs is 1. The topological polar surface area (TPSA) is 33.1 Å². The molecular formula is C11H11NO. The first kappa shape index (κ1) is 8.05. The van der Waals surface area contributed by atoms with E-state index in [1.54, 1.807) is 12.3 Å². The molecule has 0 radical (unpaired) electrons. The van der Waals surface area contributed by atoms with E-state index in [9.17, 15) is 5.11 Å². The monoisotopic (exact) mass is 173 g/mol. The van der Waals surface area contributed by atoms with Crippen LogP contribution >= 0.6 is 0 Å². The molecule has 0 amide bonds. The highest BCUT2D eigenvalue weighted by atomic mass is 16.3. The van der Waals surface area contributed by atoms with Crippen molar-refractivity contribution in [3.05, 3.63) is 35.5 Å². The number of benzene rings is 1. The fourth-order valence-corrected chi connectivity index (χ4v) is 1.51. The molecule has 0 fully saturated rings. The quantitative estimate of drug-likeness (QED) is 0.664. The number of rotatable bonds is 0. The molecule has 0 atom stereocenters. The summed E-state index contributed by atoms with van der Waals surface area (Å²) in [5, 5.41) is 11.4. The van der Waals surface area contributed by atoms with Crippen LogP contribution in [0.1, 0.15) is 11.1 Å². The molecule has 1 N–H and O–H groups in total. The molecule has 1 heterocycles. The van der Waals surface area contributed by atoms with Crippen molar-refractivity contribution in [3.63, 3.8) is 0 Å². The lowest BCUT2D eigenvalue weighted by molar-refractivity contribution is 0.454. The Hall–Kier alpha value is -1.57. The molecule has 0 aliphatic carbocycles. The summed E-state index contributed by atoms with van der Waals surface area (Å²) in [4.78, 5) is 3.86. The third-order valence-electron chi connectivity index (χ3n) is 2.32. The van der Waals surface area contributed by atoms with Crippen molar-refractivity contribution in [2.75, 3.05) is 0 Å². The highest BCUT2D eigenvalue weighted by Crippen LogP contribution is 2.23. The maximum Gasteiger partial charge on any atom is 0.211 e. The lowest BCUT2D eigenvalue weighted by atomic mass is 10.0. The summed E-state index contributed by atoms with van der Waals surface area (Å²) in [5.74, 6) is 0.0844. The molecule has 0 saturated carbocycles. The average molecular weight is 173 g/mol. The Morgan fingerprint density at radius 1 is 1.08 bits per heavy atom. The number of aryl methyl sites for hydroxylation is 2. The van der Waals surface area contributed by atoms with Crippen LogP contribution in [0, 0.1) is 13.8 Å². The van der Waals surface area contributed by atoms with Gasteiger partial charge in [0.2, 0.25) is 5.88 Å². The summed E-state index contributed by atoms with van der Waals surface area (Å²) in [7, 11) is 0. The van der Waals surface area contributed by atoms with Crippen LogP contribution in [0.15, 0.2) is 24.4 Å². The Kier molecular flexibility index (Phi) is 1.69. The van der Waals surface area contributed by atoms with E-state index in [-0.39, 0.29) is 5.88 Å². The first-order valence-electron chi connectivity index (χ1n) is 4.23. The van der Waals surface area contributed by atoms with E-state index in [1.165, 1.54) is 11.1 Å². The molecule has 13 heavy (non-hydrogen) atoms. The van der Waals surface area contributed by atoms with Gasteiger partial charge in [-0.25, -0.2) is 4.98 Å². The Balaban J connectivity index is 2.92. The van der Waals surface area contributed by atoms with Gasteiger partial charge in [0.1, 0.15) is 0 Å².